The summed E-state index contributed by atoms with van der Waals surface area (Å²) in [5, 5.41) is 0. The molecule has 0 saturated carbocycles. The van der Waals surface area contributed by atoms with Gasteiger partial charge in [0.25, 0.3) is 5.91 Å². The van der Waals surface area contributed by atoms with Crippen molar-refractivity contribution in [3.8, 4) is 0 Å². The first-order valence-electron chi connectivity index (χ1n) is 3.55. The van der Waals surface area contributed by atoms with Crippen molar-refractivity contribution in [3.63, 3.8) is 0 Å². The summed E-state index contributed by atoms with van der Waals surface area (Å²) < 4.78 is 12.4. The number of anilines is 1. The lowest BCUT2D eigenvalue weighted by molar-refractivity contribution is -0.116. The second kappa shape index (κ2) is 2.71. The van der Waals surface area contributed by atoms with Gasteiger partial charge in [-0.1, -0.05) is 18.2 Å². The minimum absolute atomic E-state index is 0.0699. The summed E-state index contributed by atoms with van der Waals surface area (Å²) in [7, 11) is -1.13. The summed E-state index contributed by atoms with van der Waals surface area (Å²) in [6.07, 6.45) is 0. The van der Waals surface area contributed by atoms with Gasteiger partial charge in [0.2, 0.25) is 0 Å². The molecule has 1 fully saturated rings. The summed E-state index contributed by atoms with van der Waals surface area (Å²) in [5.41, 5.74) is 0.715. The summed E-state index contributed by atoms with van der Waals surface area (Å²) in [4.78, 5) is 11.0. The molecule has 1 aliphatic rings. The van der Waals surface area contributed by atoms with Crippen LogP contribution in [-0.4, -0.2) is 15.9 Å². The van der Waals surface area contributed by atoms with E-state index in [1.165, 1.54) is 4.31 Å². The number of benzene rings is 1. The van der Waals surface area contributed by atoms with Crippen LogP contribution in [0.15, 0.2) is 30.3 Å². The van der Waals surface area contributed by atoms with Gasteiger partial charge in [-0.3, -0.25) is 4.79 Å². The number of amides is 1. The van der Waals surface area contributed by atoms with Crippen molar-refractivity contribution in [2.24, 2.45) is 0 Å². The Balaban J connectivity index is 2.32. The lowest BCUT2D eigenvalue weighted by Crippen LogP contribution is -2.48. The quantitative estimate of drug-likeness (QED) is 0.639. The molecule has 0 aliphatic carbocycles. The van der Waals surface area contributed by atoms with Crippen molar-refractivity contribution in [3.05, 3.63) is 30.3 Å². The Hall–Kier alpha value is -1.16. The Morgan fingerprint density at radius 2 is 1.92 bits per heavy atom. The molecule has 1 heterocycles. The van der Waals surface area contributed by atoms with Gasteiger partial charge in [-0.2, -0.15) is 0 Å². The number of carbonyl (C=O) groups excluding carboxylic acids is 1. The number of hydrogen-bond donors (Lipinski definition) is 0. The summed E-state index contributed by atoms with van der Waals surface area (Å²) >= 11 is 0. The highest BCUT2D eigenvalue weighted by atomic mass is 32.2. The zero-order valence-corrected chi connectivity index (χ0v) is 7.08. The molecule has 0 radical (unpaired) electrons. The fourth-order valence-electron chi connectivity index (χ4n) is 1.10. The fraction of sp³-hybridized carbons (Fsp3) is 0.125. The monoisotopic (exact) mass is 181 g/mol. The van der Waals surface area contributed by atoms with Gasteiger partial charge >= 0.3 is 0 Å². The lowest BCUT2D eigenvalue weighted by atomic mass is 10.3. The van der Waals surface area contributed by atoms with Gasteiger partial charge in [0.15, 0.2) is 0 Å². The van der Waals surface area contributed by atoms with Crippen molar-refractivity contribution in [2.45, 2.75) is 0 Å². The van der Waals surface area contributed by atoms with Crippen LogP contribution in [0, 0.1) is 0 Å². The van der Waals surface area contributed by atoms with Crippen LogP contribution in [0.1, 0.15) is 0 Å². The van der Waals surface area contributed by atoms with Crippen LogP contribution in [0.2, 0.25) is 0 Å². The van der Waals surface area contributed by atoms with Crippen LogP contribution in [0.4, 0.5) is 5.69 Å². The van der Waals surface area contributed by atoms with Gasteiger partial charge in [0.1, 0.15) is 16.7 Å². The predicted molar refractivity (Wildman–Crippen MR) is 46.9 cm³/mol. The van der Waals surface area contributed by atoms with Gasteiger partial charge in [-0.05, 0) is 12.1 Å². The summed E-state index contributed by atoms with van der Waals surface area (Å²) in [6.45, 7) is 0. The van der Waals surface area contributed by atoms with Crippen LogP contribution in [0.5, 0.6) is 0 Å². The van der Waals surface area contributed by atoms with E-state index in [0.29, 0.717) is 5.69 Å². The zero-order valence-electron chi connectivity index (χ0n) is 6.27. The fourth-order valence-corrected chi connectivity index (χ4v) is 2.00. The maximum atomic E-state index is 11.1. The summed E-state index contributed by atoms with van der Waals surface area (Å²) in [5.74, 6) is 0.0917. The Bertz CT molecular complexity index is 322. The molecule has 1 atom stereocenters. The molecule has 1 aromatic carbocycles. The van der Waals surface area contributed by atoms with Crippen molar-refractivity contribution in [2.75, 3.05) is 10.1 Å². The molecule has 1 saturated heterocycles. The molecule has 0 N–H and O–H groups in total. The van der Waals surface area contributed by atoms with E-state index in [9.17, 15) is 9.00 Å². The highest BCUT2D eigenvalue weighted by Gasteiger charge is 2.33. The molecule has 62 valence electrons. The smallest absolute Gasteiger partial charge is 0.253 e. The molecule has 1 amide bonds. The van der Waals surface area contributed by atoms with Crippen molar-refractivity contribution in [1.82, 2.24) is 0 Å². The van der Waals surface area contributed by atoms with Crippen molar-refractivity contribution >= 4 is 22.6 Å². The van der Waals surface area contributed by atoms with Gasteiger partial charge in [-0.25, -0.2) is 8.51 Å². The average Bonchev–Trinajstić information content (AvgIpc) is 2.05. The molecule has 1 aliphatic heterocycles. The third-order valence-corrected chi connectivity index (χ3v) is 2.98. The van der Waals surface area contributed by atoms with E-state index in [1.807, 2.05) is 18.2 Å². The number of hydrogen-bond acceptors (Lipinski definition) is 2. The first kappa shape index (κ1) is 7.49. The van der Waals surface area contributed by atoms with Crippen LogP contribution in [0.25, 0.3) is 0 Å². The van der Waals surface area contributed by atoms with Crippen LogP contribution < -0.4 is 4.31 Å². The molecule has 1 unspecified atom stereocenters. The molecule has 3 nitrogen and oxygen atoms in total. The van der Waals surface area contributed by atoms with E-state index in [4.69, 9.17) is 0 Å². The Kier molecular flexibility index (Phi) is 1.69. The van der Waals surface area contributed by atoms with Gasteiger partial charge in [0.05, 0.1) is 5.69 Å². The Morgan fingerprint density at radius 3 is 2.42 bits per heavy atom. The van der Waals surface area contributed by atoms with E-state index >= 15 is 0 Å². The largest absolute Gasteiger partial charge is 0.272 e. The molecule has 4 heteroatoms. The molecule has 0 aromatic heterocycles. The first-order valence-corrected chi connectivity index (χ1v) is 4.83. The van der Waals surface area contributed by atoms with Gasteiger partial charge in [0, 0.05) is 0 Å². The van der Waals surface area contributed by atoms with E-state index in [-0.39, 0.29) is 11.7 Å². The first-order chi connectivity index (χ1) is 5.79. The second-order valence-electron chi connectivity index (χ2n) is 2.49. The SMILES string of the molecule is O=C1CS(=O)N1c1ccccc1. The number of nitrogens with zero attached hydrogens (tertiary/aromatic N) is 1. The number of para-hydroxylation sites is 1. The molecule has 1 aromatic rings. The molecular weight excluding hydrogens is 174 g/mol. The van der Waals surface area contributed by atoms with Crippen LogP contribution in [-0.2, 0) is 15.8 Å². The van der Waals surface area contributed by atoms with Crippen molar-refractivity contribution in [1.29, 1.82) is 0 Å². The Morgan fingerprint density at radius 1 is 1.25 bits per heavy atom. The number of carbonyl (C=O) groups is 1. The third-order valence-electron chi connectivity index (χ3n) is 1.67. The zero-order chi connectivity index (χ0) is 8.55. The maximum Gasteiger partial charge on any atom is 0.253 e. The van der Waals surface area contributed by atoms with Gasteiger partial charge < -0.3 is 0 Å². The highest BCUT2D eigenvalue weighted by Crippen LogP contribution is 2.21. The normalized spacial score (nSPS) is 22.2. The Labute approximate surface area is 72.6 Å². The minimum Gasteiger partial charge on any atom is -0.272 e. The van der Waals surface area contributed by atoms with Crippen LogP contribution >= 0.6 is 0 Å². The minimum atomic E-state index is -1.13. The average molecular weight is 181 g/mol. The number of rotatable bonds is 1. The van der Waals surface area contributed by atoms with Crippen molar-refractivity contribution < 1.29 is 9.00 Å². The molecular formula is C8H7NO2S. The van der Waals surface area contributed by atoms with Gasteiger partial charge in [-0.15, -0.1) is 0 Å². The molecule has 0 spiro atoms. The predicted octanol–water partition coefficient (Wildman–Crippen LogP) is 0.697. The van der Waals surface area contributed by atoms with E-state index in [1.54, 1.807) is 12.1 Å². The van der Waals surface area contributed by atoms with E-state index in [0.717, 1.165) is 0 Å². The van der Waals surface area contributed by atoms with E-state index < -0.39 is 11.0 Å². The topological polar surface area (TPSA) is 37.4 Å². The maximum absolute atomic E-state index is 11.1. The van der Waals surface area contributed by atoms with E-state index in [2.05, 4.69) is 0 Å². The third kappa shape index (κ3) is 1.04. The molecule has 2 rings (SSSR count). The second-order valence-corrected chi connectivity index (χ2v) is 3.79. The lowest BCUT2D eigenvalue weighted by Gasteiger charge is -2.28. The standard InChI is InChI=1S/C8H7NO2S/c10-8-6-12(11)9(8)7-4-2-1-3-5-7/h1-5H,6H2. The van der Waals surface area contributed by atoms with Crippen LogP contribution in [0.3, 0.4) is 0 Å². The molecule has 12 heavy (non-hydrogen) atoms. The highest BCUT2D eigenvalue weighted by molar-refractivity contribution is 7.90. The summed E-state index contributed by atoms with van der Waals surface area (Å²) in [6, 6.07) is 9.04. The molecule has 0 bridgehead atoms.